The number of anilines is 4. The molecule has 0 saturated carbocycles. The zero-order valence-electron chi connectivity index (χ0n) is 28.8. The van der Waals surface area contributed by atoms with Gasteiger partial charge in [0, 0.05) is 77.1 Å². The molecule has 48 heavy (non-hydrogen) atoms. The predicted molar refractivity (Wildman–Crippen MR) is 207 cm³/mol. The van der Waals surface area contributed by atoms with E-state index in [-0.39, 0.29) is 0 Å². The minimum Gasteiger partial charge on any atom is -0.378 e. The lowest BCUT2D eigenvalue weighted by atomic mass is 10.1. The molecule has 6 rings (SSSR count). The van der Waals surface area contributed by atoms with Crippen molar-refractivity contribution in [3.05, 3.63) is 192 Å². The van der Waals surface area contributed by atoms with E-state index in [2.05, 4.69) is 189 Å². The van der Waals surface area contributed by atoms with Crippen LogP contribution in [-0.2, 0) is 26.2 Å². The highest BCUT2D eigenvalue weighted by molar-refractivity contribution is 5.60. The van der Waals surface area contributed by atoms with Gasteiger partial charge in [-0.3, -0.25) is 0 Å². The van der Waals surface area contributed by atoms with Crippen molar-refractivity contribution in [3.63, 3.8) is 0 Å². The van der Waals surface area contributed by atoms with Crippen molar-refractivity contribution in [2.75, 3.05) is 47.8 Å². The number of benzene rings is 6. The van der Waals surface area contributed by atoms with Crippen LogP contribution >= 0.6 is 0 Å². The molecule has 0 saturated heterocycles. The quantitative estimate of drug-likeness (QED) is 0.133. The van der Waals surface area contributed by atoms with Gasteiger partial charge in [-0.05, 0) is 64.7 Å². The third-order valence-electron chi connectivity index (χ3n) is 8.31. The van der Waals surface area contributed by atoms with Crippen LogP contribution < -0.4 is 19.6 Å². The van der Waals surface area contributed by atoms with Gasteiger partial charge in [-0.1, -0.05) is 127 Å². The van der Waals surface area contributed by atoms with Gasteiger partial charge in [0.2, 0.25) is 0 Å². The normalized spacial score (nSPS) is 10.4. The van der Waals surface area contributed by atoms with E-state index in [0.717, 1.165) is 26.2 Å². The van der Waals surface area contributed by atoms with Crippen LogP contribution in [0.3, 0.4) is 0 Å². The minimum absolute atomic E-state index is 0.858. The summed E-state index contributed by atoms with van der Waals surface area (Å²) in [5.41, 5.74) is 10.2. The summed E-state index contributed by atoms with van der Waals surface area (Å²) in [6, 6.07) is 60.4. The van der Waals surface area contributed by atoms with Crippen molar-refractivity contribution in [2.24, 2.45) is 0 Å². The van der Waals surface area contributed by atoms with Gasteiger partial charge in [0.15, 0.2) is 0 Å². The molecule has 4 nitrogen and oxygen atoms in total. The maximum Gasteiger partial charge on any atom is 0.0433 e. The Kier molecular flexibility index (Phi) is 12.3. The van der Waals surface area contributed by atoms with E-state index in [0.29, 0.717) is 0 Å². The Bertz CT molecular complexity index is 1540. The summed E-state index contributed by atoms with van der Waals surface area (Å²) in [5, 5.41) is 0. The van der Waals surface area contributed by atoms with Gasteiger partial charge in [0.05, 0.1) is 0 Å². The van der Waals surface area contributed by atoms with Crippen LogP contribution in [0, 0.1) is 0 Å². The Labute approximate surface area is 288 Å². The summed E-state index contributed by atoms with van der Waals surface area (Å²) < 4.78 is 0. The van der Waals surface area contributed by atoms with Crippen LogP contribution in [0.25, 0.3) is 0 Å². The second-order valence-corrected chi connectivity index (χ2v) is 12.5. The molecule has 0 heterocycles. The van der Waals surface area contributed by atoms with Gasteiger partial charge in [0.25, 0.3) is 0 Å². The molecule has 0 bridgehead atoms. The molecule has 0 aliphatic carbocycles. The highest BCUT2D eigenvalue weighted by Crippen LogP contribution is 2.28. The Morgan fingerprint density at radius 3 is 0.812 bits per heavy atom. The average Bonchev–Trinajstić information content (AvgIpc) is 3.13. The zero-order valence-corrected chi connectivity index (χ0v) is 28.8. The highest BCUT2D eigenvalue weighted by atomic mass is 15.1. The van der Waals surface area contributed by atoms with Gasteiger partial charge < -0.3 is 19.6 Å². The molecule has 4 heteroatoms. The molecule has 0 atom stereocenters. The SMILES string of the molecule is CN(C)c1ccc(N(C)C)cc1.c1ccc(CN(Cc2ccccc2)c2cccc(N(Cc3ccccc3)Cc3ccccc3)c2)cc1. The molecule has 6 aromatic rings. The van der Waals surface area contributed by atoms with Gasteiger partial charge in [0.1, 0.15) is 0 Å². The van der Waals surface area contributed by atoms with Gasteiger partial charge in [-0.25, -0.2) is 0 Å². The fourth-order valence-electron chi connectivity index (χ4n) is 5.63. The maximum absolute atomic E-state index is 2.47. The van der Waals surface area contributed by atoms with E-state index < -0.39 is 0 Å². The summed E-state index contributed by atoms with van der Waals surface area (Å²) in [6.45, 7) is 3.43. The Morgan fingerprint density at radius 2 is 0.562 bits per heavy atom. The molecule has 244 valence electrons. The fraction of sp³-hybridized carbons (Fsp3) is 0.182. The lowest BCUT2D eigenvalue weighted by Gasteiger charge is -2.29. The molecule has 0 aliphatic heterocycles. The van der Waals surface area contributed by atoms with Crippen molar-refractivity contribution >= 4 is 22.7 Å². The molecule has 0 N–H and O–H groups in total. The molecule has 6 aromatic carbocycles. The van der Waals surface area contributed by atoms with Gasteiger partial charge >= 0.3 is 0 Å². The summed E-state index contributed by atoms with van der Waals surface area (Å²) in [5.74, 6) is 0. The van der Waals surface area contributed by atoms with E-state index >= 15 is 0 Å². The van der Waals surface area contributed by atoms with Gasteiger partial charge in [-0.15, -0.1) is 0 Å². The zero-order chi connectivity index (χ0) is 33.6. The second kappa shape index (κ2) is 17.4. The van der Waals surface area contributed by atoms with E-state index in [1.807, 2.05) is 28.2 Å². The largest absolute Gasteiger partial charge is 0.378 e. The van der Waals surface area contributed by atoms with E-state index in [1.54, 1.807) is 0 Å². The number of rotatable bonds is 12. The van der Waals surface area contributed by atoms with Crippen LogP contribution in [0.15, 0.2) is 170 Å². The van der Waals surface area contributed by atoms with Crippen molar-refractivity contribution in [1.29, 1.82) is 0 Å². The standard InChI is InChI=1S/C34H32N2.C10H16N2/c1-5-14-29(15-6-1)25-35(26-30-16-7-2-8-17-30)33-22-13-23-34(24-33)36(27-31-18-9-3-10-19-31)28-32-20-11-4-12-21-32;1-11(2)9-5-7-10(8-6-9)12(3)4/h1-24H,25-28H2;5-8H,1-4H3. The van der Waals surface area contributed by atoms with Crippen LogP contribution in [0.4, 0.5) is 22.7 Å². The maximum atomic E-state index is 2.47. The number of nitrogens with zero attached hydrogens (tertiary/aromatic N) is 4. The Balaban J connectivity index is 0.000000318. The minimum atomic E-state index is 0.858. The van der Waals surface area contributed by atoms with Crippen LogP contribution in [-0.4, -0.2) is 28.2 Å². The van der Waals surface area contributed by atoms with E-state index in [1.165, 1.54) is 45.0 Å². The first-order valence-electron chi connectivity index (χ1n) is 16.6. The van der Waals surface area contributed by atoms with E-state index in [9.17, 15) is 0 Å². The Hall–Kier alpha value is -5.48. The smallest absolute Gasteiger partial charge is 0.0433 e. The van der Waals surface area contributed by atoms with Gasteiger partial charge in [-0.2, -0.15) is 0 Å². The van der Waals surface area contributed by atoms with Crippen molar-refractivity contribution < 1.29 is 0 Å². The first kappa shape index (κ1) is 33.9. The van der Waals surface area contributed by atoms with Crippen molar-refractivity contribution in [3.8, 4) is 0 Å². The lowest BCUT2D eigenvalue weighted by Crippen LogP contribution is -2.24. The summed E-state index contributed by atoms with van der Waals surface area (Å²) in [7, 11) is 8.19. The molecule has 0 fully saturated rings. The third-order valence-corrected chi connectivity index (χ3v) is 8.31. The van der Waals surface area contributed by atoms with Crippen LogP contribution in [0.5, 0.6) is 0 Å². The molecule has 0 amide bonds. The Morgan fingerprint density at radius 1 is 0.292 bits per heavy atom. The lowest BCUT2D eigenvalue weighted by molar-refractivity contribution is 0.787. The molecule has 0 radical (unpaired) electrons. The monoisotopic (exact) mass is 632 g/mol. The fourth-order valence-corrected chi connectivity index (χ4v) is 5.63. The molecule has 0 aromatic heterocycles. The predicted octanol–water partition coefficient (Wildman–Crippen LogP) is 9.92. The number of hydrogen-bond donors (Lipinski definition) is 0. The van der Waals surface area contributed by atoms with Crippen molar-refractivity contribution in [1.82, 2.24) is 0 Å². The summed E-state index contributed by atoms with van der Waals surface area (Å²) in [4.78, 5) is 9.13. The van der Waals surface area contributed by atoms with E-state index in [4.69, 9.17) is 0 Å². The second-order valence-electron chi connectivity index (χ2n) is 12.5. The summed E-state index contributed by atoms with van der Waals surface area (Å²) >= 11 is 0. The third kappa shape index (κ3) is 10.3. The van der Waals surface area contributed by atoms with Crippen LogP contribution in [0.1, 0.15) is 22.3 Å². The summed E-state index contributed by atoms with van der Waals surface area (Å²) in [6.07, 6.45) is 0. The average molecular weight is 633 g/mol. The van der Waals surface area contributed by atoms with Crippen LogP contribution in [0.2, 0.25) is 0 Å². The number of hydrogen-bond acceptors (Lipinski definition) is 4. The molecule has 0 aliphatic rings. The molecule has 0 spiro atoms. The first-order chi connectivity index (χ1) is 23.4. The first-order valence-corrected chi connectivity index (χ1v) is 16.6. The topological polar surface area (TPSA) is 13.0 Å². The molecule has 0 unspecified atom stereocenters. The molecular formula is C44H48N4. The molecular weight excluding hydrogens is 585 g/mol. The highest BCUT2D eigenvalue weighted by Gasteiger charge is 2.14. The van der Waals surface area contributed by atoms with Crippen molar-refractivity contribution in [2.45, 2.75) is 26.2 Å².